The van der Waals surface area contributed by atoms with Crippen LogP contribution in [0.4, 0.5) is 14.5 Å². The zero-order valence-corrected chi connectivity index (χ0v) is 6.82. The van der Waals surface area contributed by atoms with Gasteiger partial charge in [-0.1, -0.05) is 0 Å². The first-order valence-electron chi connectivity index (χ1n) is 3.40. The normalized spacial score (nSPS) is 9.67. The molecule has 0 atom stereocenters. The van der Waals surface area contributed by atoms with E-state index in [2.05, 4.69) is 5.32 Å². The van der Waals surface area contributed by atoms with Crippen molar-refractivity contribution in [3.8, 4) is 5.75 Å². The monoisotopic (exact) mass is 173 g/mol. The number of methoxy groups -OCH3 is 1. The molecule has 0 fully saturated rings. The van der Waals surface area contributed by atoms with E-state index < -0.39 is 11.6 Å². The van der Waals surface area contributed by atoms with Crippen LogP contribution in [0.15, 0.2) is 12.1 Å². The average Bonchev–Trinajstić information content (AvgIpc) is 2.09. The van der Waals surface area contributed by atoms with Crippen molar-refractivity contribution < 1.29 is 13.5 Å². The minimum absolute atomic E-state index is 0.0897. The molecule has 0 aromatic heterocycles. The van der Waals surface area contributed by atoms with Crippen LogP contribution in [0, 0.1) is 11.6 Å². The van der Waals surface area contributed by atoms with Gasteiger partial charge in [-0.15, -0.1) is 0 Å². The third-order valence-electron chi connectivity index (χ3n) is 1.51. The first-order valence-corrected chi connectivity index (χ1v) is 3.40. The summed E-state index contributed by atoms with van der Waals surface area (Å²) in [6.45, 7) is 0. The van der Waals surface area contributed by atoms with Crippen LogP contribution in [0.3, 0.4) is 0 Å². The molecule has 66 valence electrons. The molecule has 0 spiro atoms. The predicted octanol–water partition coefficient (Wildman–Crippen LogP) is 2.02. The van der Waals surface area contributed by atoms with E-state index >= 15 is 0 Å². The van der Waals surface area contributed by atoms with E-state index in [1.165, 1.54) is 20.2 Å². The molecule has 12 heavy (non-hydrogen) atoms. The molecule has 0 aliphatic carbocycles. The maximum absolute atomic E-state index is 12.8. The number of benzene rings is 1. The zero-order chi connectivity index (χ0) is 9.14. The third-order valence-corrected chi connectivity index (χ3v) is 1.51. The number of hydrogen-bond acceptors (Lipinski definition) is 2. The SMILES string of the molecule is CNc1cc(OC)cc(F)c1F. The number of ether oxygens (including phenoxy) is 1. The molecule has 1 aromatic rings. The second-order valence-electron chi connectivity index (χ2n) is 2.22. The lowest BCUT2D eigenvalue weighted by Gasteiger charge is -2.05. The highest BCUT2D eigenvalue weighted by molar-refractivity contribution is 5.49. The van der Waals surface area contributed by atoms with Crippen LogP contribution < -0.4 is 10.1 Å². The van der Waals surface area contributed by atoms with Crippen molar-refractivity contribution in [3.63, 3.8) is 0 Å². The molecule has 1 aromatic carbocycles. The summed E-state index contributed by atoms with van der Waals surface area (Å²) in [7, 11) is 2.91. The van der Waals surface area contributed by atoms with Crippen molar-refractivity contribution in [3.05, 3.63) is 23.8 Å². The van der Waals surface area contributed by atoms with Crippen LogP contribution in [-0.2, 0) is 0 Å². The second-order valence-corrected chi connectivity index (χ2v) is 2.22. The van der Waals surface area contributed by atoms with Crippen LogP contribution in [0.5, 0.6) is 5.75 Å². The number of rotatable bonds is 2. The van der Waals surface area contributed by atoms with E-state index in [0.29, 0.717) is 5.75 Å². The molecule has 0 saturated heterocycles. The average molecular weight is 173 g/mol. The van der Waals surface area contributed by atoms with Crippen LogP contribution in [0.25, 0.3) is 0 Å². The fourth-order valence-corrected chi connectivity index (χ4v) is 0.864. The number of hydrogen-bond donors (Lipinski definition) is 1. The fraction of sp³-hybridized carbons (Fsp3) is 0.250. The Morgan fingerprint density at radius 3 is 2.50 bits per heavy atom. The lowest BCUT2D eigenvalue weighted by atomic mass is 10.3. The number of nitrogens with one attached hydrogen (secondary N) is 1. The van der Waals surface area contributed by atoms with E-state index in [0.717, 1.165) is 6.07 Å². The fourth-order valence-electron chi connectivity index (χ4n) is 0.864. The quantitative estimate of drug-likeness (QED) is 0.738. The molecule has 0 unspecified atom stereocenters. The van der Waals surface area contributed by atoms with Crippen molar-refractivity contribution in [1.82, 2.24) is 0 Å². The Balaban J connectivity index is 3.19. The van der Waals surface area contributed by atoms with Gasteiger partial charge in [-0.2, -0.15) is 0 Å². The molecule has 0 saturated carbocycles. The van der Waals surface area contributed by atoms with Gasteiger partial charge in [0, 0.05) is 19.2 Å². The van der Waals surface area contributed by atoms with Gasteiger partial charge in [0.15, 0.2) is 11.6 Å². The molecule has 0 aliphatic heterocycles. The summed E-state index contributed by atoms with van der Waals surface area (Å²) in [5.41, 5.74) is 0.0897. The Morgan fingerprint density at radius 1 is 1.33 bits per heavy atom. The van der Waals surface area contributed by atoms with Gasteiger partial charge in [-0.05, 0) is 0 Å². The van der Waals surface area contributed by atoms with Gasteiger partial charge in [0.2, 0.25) is 0 Å². The molecule has 1 rings (SSSR count). The Labute approximate surface area is 69.2 Å². The lowest BCUT2D eigenvalue weighted by molar-refractivity contribution is 0.407. The molecule has 4 heteroatoms. The Morgan fingerprint density at radius 2 is 2.00 bits per heavy atom. The summed E-state index contributed by atoms with van der Waals surface area (Å²) in [5, 5.41) is 2.52. The first-order chi connectivity index (χ1) is 5.69. The molecule has 0 bridgehead atoms. The highest BCUT2D eigenvalue weighted by atomic mass is 19.2. The molecule has 0 aliphatic rings. The van der Waals surface area contributed by atoms with Gasteiger partial charge in [0.25, 0.3) is 0 Å². The maximum atomic E-state index is 12.8. The van der Waals surface area contributed by atoms with E-state index in [9.17, 15) is 8.78 Å². The van der Waals surface area contributed by atoms with Gasteiger partial charge in [-0.25, -0.2) is 8.78 Å². The molecule has 1 N–H and O–H groups in total. The van der Waals surface area contributed by atoms with Gasteiger partial charge in [0.1, 0.15) is 5.75 Å². The molecular formula is C8H9F2NO. The van der Waals surface area contributed by atoms with E-state index in [-0.39, 0.29) is 5.69 Å². The van der Waals surface area contributed by atoms with E-state index in [1.54, 1.807) is 0 Å². The summed E-state index contributed by atoms with van der Waals surface area (Å²) < 4.78 is 30.3. The van der Waals surface area contributed by atoms with Gasteiger partial charge < -0.3 is 10.1 Å². The van der Waals surface area contributed by atoms with Crippen molar-refractivity contribution in [2.75, 3.05) is 19.5 Å². The molecular weight excluding hydrogens is 164 g/mol. The van der Waals surface area contributed by atoms with Crippen molar-refractivity contribution in [2.24, 2.45) is 0 Å². The number of halogens is 2. The highest BCUT2D eigenvalue weighted by Crippen LogP contribution is 2.23. The van der Waals surface area contributed by atoms with Crippen LogP contribution in [0.2, 0.25) is 0 Å². The third kappa shape index (κ3) is 1.47. The molecule has 2 nitrogen and oxygen atoms in total. The topological polar surface area (TPSA) is 21.3 Å². The lowest BCUT2D eigenvalue weighted by Crippen LogP contribution is -1.96. The van der Waals surface area contributed by atoms with Crippen molar-refractivity contribution in [1.29, 1.82) is 0 Å². The van der Waals surface area contributed by atoms with Gasteiger partial charge >= 0.3 is 0 Å². The smallest absolute Gasteiger partial charge is 0.182 e. The maximum Gasteiger partial charge on any atom is 0.182 e. The first kappa shape index (κ1) is 8.77. The zero-order valence-electron chi connectivity index (χ0n) is 6.82. The summed E-state index contributed by atoms with van der Waals surface area (Å²) >= 11 is 0. The summed E-state index contributed by atoms with van der Waals surface area (Å²) in [4.78, 5) is 0. The number of anilines is 1. The summed E-state index contributed by atoms with van der Waals surface area (Å²) in [6.07, 6.45) is 0. The molecule has 0 radical (unpaired) electrons. The van der Waals surface area contributed by atoms with Crippen molar-refractivity contribution in [2.45, 2.75) is 0 Å². The Bertz CT molecular complexity index is 289. The highest BCUT2D eigenvalue weighted by Gasteiger charge is 2.09. The van der Waals surface area contributed by atoms with Gasteiger partial charge in [0.05, 0.1) is 12.8 Å². The van der Waals surface area contributed by atoms with Crippen LogP contribution in [-0.4, -0.2) is 14.2 Å². The van der Waals surface area contributed by atoms with Crippen LogP contribution in [0.1, 0.15) is 0 Å². The standard InChI is InChI=1S/C8H9F2NO/c1-11-7-4-5(12-2)3-6(9)8(7)10/h3-4,11H,1-2H3. The Hall–Kier alpha value is -1.32. The largest absolute Gasteiger partial charge is 0.497 e. The second kappa shape index (κ2) is 3.38. The minimum atomic E-state index is -0.918. The molecule has 0 amide bonds. The minimum Gasteiger partial charge on any atom is -0.497 e. The van der Waals surface area contributed by atoms with E-state index in [1.807, 2.05) is 0 Å². The predicted molar refractivity (Wildman–Crippen MR) is 42.5 cm³/mol. The summed E-state index contributed by atoms with van der Waals surface area (Å²) in [5.74, 6) is -1.52. The van der Waals surface area contributed by atoms with E-state index in [4.69, 9.17) is 4.74 Å². The van der Waals surface area contributed by atoms with Crippen LogP contribution >= 0.6 is 0 Å². The van der Waals surface area contributed by atoms with Gasteiger partial charge in [-0.3, -0.25) is 0 Å². The Kier molecular flexibility index (Phi) is 2.47. The summed E-state index contributed by atoms with van der Waals surface area (Å²) in [6, 6.07) is 2.38. The molecule has 0 heterocycles. The van der Waals surface area contributed by atoms with Crippen molar-refractivity contribution >= 4 is 5.69 Å².